The van der Waals surface area contributed by atoms with Gasteiger partial charge >= 0.3 is 0 Å². The summed E-state index contributed by atoms with van der Waals surface area (Å²) in [7, 11) is 2.09. The lowest BCUT2D eigenvalue weighted by Crippen LogP contribution is -2.19. The zero-order valence-electron chi connectivity index (χ0n) is 15.3. The fourth-order valence-corrected chi connectivity index (χ4v) is 4.07. The fourth-order valence-electron chi connectivity index (χ4n) is 4.07. The summed E-state index contributed by atoms with van der Waals surface area (Å²) in [6.45, 7) is 1.56. The van der Waals surface area contributed by atoms with Crippen LogP contribution in [0.2, 0.25) is 0 Å². The molecule has 1 aliphatic carbocycles. The molecule has 1 N–H and O–H groups in total. The van der Waals surface area contributed by atoms with Gasteiger partial charge in [0, 0.05) is 41.8 Å². The summed E-state index contributed by atoms with van der Waals surface area (Å²) < 4.78 is 2.16. The van der Waals surface area contributed by atoms with E-state index in [0.29, 0.717) is 6.04 Å². The molecule has 1 saturated carbocycles. The van der Waals surface area contributed by atoms with Crippen molar-refractivity contribution in [3.05, 3.63) is 64.2 Å². The summed E-state index contributed by atoms with van der Waals surface area (Å²) >= 11 is 0. The first-order valence-corrected chi connectivity index (χ1v) is 9.51. The number of nitrogens with one attached hydrogen (secondary N) is 1. The number of nitrogens with zero attached hydrogens (tertiary/aromatic N) is 3. The van der Waals surface area contributed by atoms with Gasteiger partial charge in [0.15, 0.2) is 0 Å². The molecule has 136 valence electrons. The maximum atomic E-state index is 11.9. The van der Waals surface area contributed by atoms with Crippen molar-refractivity contribution in [3.8, 4) is 0 Å². The molecule has 2 heterocycles. The Labute approximate surface area is 153 Å². The van der Waals surface area contributed by atoms with Gasteiger partial charge in [-0.25, -0.2) is 0 Å². The second-order valence-corrected chi connectivity index (χ2v) is 7.50. The first-order valence-electron chi connectivity index (χ1n) is 9.51. The van der Waals surface area contributed by atoms with Gasteiger partial charge in [0.2, 0.25) is 5.56 Å². The van der Waals surface area contributed by atoms with E-state index in [-0.39, 0.29) is 5.56 Å². The number of fused-ring (bicyclic) bond motifs is 1. The van der Waals surface area contributed by atoms with Crippen LogP contribution in [0.3, 0.4) is 0 Å². The number of para-hydroxylation sites is 1. The molecule has 0 bridgehead atoms. The van der Waals surface area contributed by atoms with Gasteiger partial charge in [0.1, 0.15) is 0 Å². The van der Waals surface area contributed by atoms with Gasteiger partial charge in [-0.15, -0.1) is 0 Å². The van der Waals surface area contributed by atoms with Crippen LogP contribution in [0.25, 0.3) is 10.9 Å². The van der Waals surface area contributed by atoms with Crippen molar-refractivity contribution in [2.75, 3.05) is 7.05 Å². The lowest BCUT2D eigenvalue weighted by Gasteiger charge is -2.22. The van der Waals surface area contributed by atoms with Crippen LogP contribution < -0.4 is 5.56 Å². The molecule has 4 rings (SSSR count). The SMILES string of the molecule is CN(Cc1cnn(C2CCCCC2)c1)Cc1cc(=O)[nH]c2ccccc12. The van der Waals surface area contributed by atoms with Crippen LogP contribution in [-0.2, 0) is 13.1 Å². The van der Waals surface area contributed by atoms with Crippen LogP contribution in [0.5, 0.6) is 0 Å². The molecule has 0 aliphatic heterocycles. The van der Waals surface area contributed by atoms with Gasteiger partial charge in [0.25, 0.3) is 0 Å². The molecule has 0 spiro atoms. The molecule has 1 aromatic carbocycles. The Balaban J connectivity index is 1.47. The van der Waals surface area contributed by atoms with Crippen molar-refractivity contribution in [3.63, 3.8) is 0 Å². The molecule has 0 atom stereocenters. The summed E-state index contributed by atoms with van der Waals surface area (Å²) in [5.41, 5.74) is 3.14. The molecule has 5 heteroatoms. The van der Waals surface area contributed by atoms with Crippen molar-refractivity contribution >= 4 is 10.9 Å². The number of pyridine rings is 1. The predicted octanol–water partition coefficient (Wildman–Crippen LogP) is 3.86. The normalized spacial score (nSPS) is 15.8. The molecule has 5 nitrogen and oxygen atoms in total. The van der Waals surface area contributed by atoms with Crippen LogP contribution in [0, 0.1) is 0 Å². The Morgan fingerprint density at radius 3 is 2.85 bits per heavy atom. The first-order chi connectivity index (χ1) is 12.7. The highest BCUT2D eigenvalue weighted by molar-refractivity contribution is 5.81. The first kappa shape index (κ1) is 17.0. The van der Waals surface area contributed by atoms with Crippen LogP contribution >= 0.6 is 0 Å². The van der Waals surface area contributed by atoms with Crippen LogP contribution in [0.1, 0.15) is 49.3 Å². The lowest BCUT2D eigenvalue weighted by molar-refractivity contribution is 0.316. The fraction of sp³-hybridized carbons (Fsp3) is 0.429. The second kappa shape index (κ2) is 7.46. The Hall–Kier alpha value is -2.40. The molecule has 0 radical (unpaired) electrons. The maximum absolute atomic E-state index is 11.9. The van der Waals surface area contributed by atoms with Gasteiger partial charge in [-0.05, 0) is 31.5 Å². The third kappa shape index (κ3) is 3.73. The minimum absolute atomic E-state index is 0.0442. The van der Waals surface area contributed by atoms with E-state index in [1.165, 1.54) is 37.7 Å². The summed E-state index contributed by atoms with van der Waals surface area (Å²) in [4.78, 5) is 17.1. The van der Waals surface area contributed by atoms with Crippen molar-refractivity contribution in [1.29, 1.82) is 0 Å². The van der Waals surface area contributed by atoms with E-state index < -0.39 is 0 Å². The zero-order valence-corrected chi connectivity index (χ0v) is 15.3. The highest BCUT2D eigenvalue weighted by atomic mass is 16.1. The third-order valence-corrected chi connectivity index (χ3v) is 5.33. The molecule has 3 aromatic rings. The number of benzene rings is 1. The molecule has 26 heavy (non-hydrogen) atoms. The molecule has 2 aromatic heterocycles. The van der Waals surface area contributed by atoms with Gasteiger partial charge < -0.3 is 4.98 Å². The number of aromatic amines is 1. The largest absolute Gasteiger partial charge is 0.322 e. The van der Waals surface area contributed by atoms with E-state index in [1.807, 2.05) is 24.4 Å². The molecule has 0 unspecified atom stereocenters. The molecule has 1 fully saturated rings. The Kier molecular flexibility index (Phi) is 4.89. The van der Waals surface area contributed by atoms with Crippen LogP contribution in [-0.4, -0.2) is 26.7 Å². The zero-order chi connectivity index (χ0) is 17.9. The van der Waals surface area contributed by atoms with Crippen LogP contribution in [0.4, 0.5) is 0 Å². The topological polar surface area (TPSA) is 53.9 Å². The molecule has 0 saturated heterocycles. The van der Waals surface area contributed by atoms with Gasteiger partial charge in [0.05, 0.1) is 12.2 Å². The van der Waals surface area contributed by atoms with E-state index in [1.54, 1.807) is 6.07 Å². The molecule has 1 aliphatic rings. The summed E-state index contributed by atoms with van der Waals surface area (Å²) in [6, 6.07) is 10.3. The molecular weight excluding hydrogens is 324 g/mol. The number of rotatable bonds is 5. The van der Waals surface area contributed by atoms with Crippen molar-refractivity contribution in [2.45, 2.75) is 51.2 Å². The molecule has 0 amide bonds. The van der Waals surface area contributed by atoms with Crippen molar-refractivity contribution in [1.82, 2.24) is 19.7 Å². The average Bonchev–Trinajstić information content (AvgIpc) is 3.10. The maximum Gasteiger partial charge on any atom is 0.248 e. The summed E-state index contributed by atoms with van der Waals surface area (Å²) in [6.07, 6.45) is 10.7. The number of hydrogen-bond donors (Lipinski definition) is 1. The highest BCUT2D eigenvalue weighted by Crippen LogP contribution is 2.27. The third-order valence-electron chi connectivity index (χ3n) is 5.33. The average molecular weight is 350 g/mol. The Morgan fingerprint density at radius 2 is 2.00 bits per heavy atom. The van der Waals surface area contributed by atoms with E-state index in [0.717, 1.165) is 29.6 Å². The lowest BCUT2D eigenvalue weighted by atomic mass is 9.96. The van der Waals surface area contributed by atoms with Crippen LogP contribution in [0.15, 0.2) is 47.5 Å². The number of aromatic nitrogens is 3. The van der Waals surface area contributed by atoms with E-state index in [4.69, 9.17) is 0 Å². The summed E-state index contributed by atoms with van der Waals surface area (Å²) in [5, 5.41) is 5.71. The van der Waals surface area contributed by atoms with Crippen molar-refractivity contribution in [2.24, 2.45) is 0 Å². The minimum atomic E-state index is -0.0442. The Bertz CT molecular complexity index is 936. The second-order valence-electron chi connectivity index (χ2n) is 7.50. The van der Waals surface area contributed by atoms with Gasteiger partial charge in [-0.3, -0.25) is 14.4 Å². The van der Waals surface area contributed by atoms with Crippen molar-refractivity contribution < 1.29 is 0 Å². The number of H-pyrrole nitrogens is 1. The Morgan fingerprint density at radius 1 is 1.19 bits per heavy atom. The quantitative estimate of drug-likeness (QED) is 0.760. The van der Waals surface area contributed by atoms with E-state index in [9.17, 15) is 4.79 Å². The highest BCUT2D eigenvalue weighted by Gasteiger charge is 2.16. The predicted molar refractivity (Wildman–Crippen MR) is 104 cm³/mol. The van der Waals surface area contributed by atoms with E-state index in [2.05, 4.69) is 39.0 Å². The smallest absolute Gasteiger partial charge is 0.248 e. The standard InChI is InChI=1S/C21H26N4O/c1-24(13-16-12-22-25(14-16)18-7-3-2-4-8-18)15-17-11-21(26)23-20-10-6-5-9-19(17)20/h5-6,9-12,14,18H,2-4,7-8,13,15H2,1H3,(H,23,26). The van der Waals surface area contributed by atoms with E-state index >= 15 is 0 Å². The number of hydrogen-bond acceptors (Lipinski definition) is 3. The molecular formula is C21H26N4O. The summed E-state index contributed by atoms with van der Waals surface area (Å²) in [5.74, 6) is 0. The van der Waals surface area contributed by atoms with Gasteiger partial charge in [-0.1, -0.05) is 37.5 Å². The van der Waals surface area contributed by atoms with Gasteiger partial charge in [-0.2, -0.15) is 5.10 Å². The minimum Gasteiger partial charge on any atom is -0.322 e. The monoisotopic (exact) mass is 350 g/mol.